The van der Waals surface area contributed by atoms with E-state index < -0.39 is 0 Å². The molecule has 1 aliphatic heterocycles. The summed E-state index contributed by atoms with van der Waals surface area (Å²) in [5.74, 6) is 0.887. The highest BCUT2D eigenvalue weighted by Crippen LogP contribution is 2.30. The number of rotatable bonds is 6. The number of piperidine rings is 1. The van der Waals surface area contributed by atoms with Crippen LogP contribution in [0.2, 0.25) is 0 Å². The van der Waals surface area contributed by atoms with E-state index in [0.717, 1.165) is 12.0 Å². The van der Waals surface area contributed by atoms with Crippen molar-refractivity contribution in [3.63, 3.8) is 0 Å². The fourth-order valence-corrected chi connectivity index (χ4v) is 4.79. The van der Waals surface area contributed by atoms with E-state index in [1.165, 1.54) is 51.6 Å². The first kappa shape index (κ1) is 17.6. The second-order valence-electron chi connectivity index (χ2n) is 7.05. The van der Waals surface area contributed by atoms with Crippen LogP contribution in [0.4, 0.5) is 0 Å². The highest BCUT2D eigenvalue weighted by Gasteiger charge is 2.30. The molecule has 0 radical (unpaired) electrons. The average molecular weight is 315 g/mol. The lowest BCUT2D eigenvalue weighted by atomic mass is 9.84. The third kappa shape index (κ3) is 4.85. The maximum Gasteiger partial charge on any atom is 0.0564 e. The molecule has 4 unspecified atom stereocenters. The zero-order valence-electron chi connectivity index (χ0n) is 14.1. The van der Waals surface area contributed by atoms with Gasteiger partial charge in [0.05, 0.1) is 6.61 Å². The van der Waals surface area contributed by atoms with Gasteiger partial charge in [-0.05, 0) is 57.9 Å². The molecule has 124 valence electrons. The van der Waals surface area contributed by atoms with Crippen LogP contribution in [0.15, 0.2) is 0 Å². The van der Waals surface area contributed by atoms with Crippen LogP contribution in [-0.4, -0.2) is 59.3 Å². The van der Waals surface area contributed by atoms with E-state index in [2.05, 4.69) is 30.3 Å². The van der Waals surface area contributed by atoms with Gasteiger partial charge in [-0.25, -0.2) is 0 Å². The fraction of sp³-hybridized carbons (Fsp3) is 1.00. The molecule has 0 aromatic heterocycles. The summed E-state index contributed by atoms with van der Waals surface area (Å²) in [5.41, 5.74) is 0. The van der Waals surface area contributed by atoms with Gasteiger partial charge in [0, 0.05) is 23.4 Å². The molecule has 1 saturated carbocycles. The van der Waals surface area contributed by atoms with Crippen LogP contribution >= 0.6 is 11.8 Å². The van der Waals surface area contributed by atoms with E-state index in [1.807, 2.05) is 0 Å². The van der Waals surface area contributed by atoms with E-state index in [1.54, 1.807) is 11.8 Å². The smallest absolute Gasteiger partial charge is 0.0564 e. The minimum Gasteiger partial charge on any atom is -0.395 e. The molecule has 2 N–H and O–H groups in total. The largest absolute Gasteiger partial charge is 0.395 e. The lowest BCUT2D eigenvalue weighted by Crippen LogP contribution is -2.52. The molecule has 4 heteroatoms. The van der Waals surface area contributed by atoms with Crippen molar-refractivity contribution >= 4 is 11.8 Å². The summed E-state index contributed by atoms with van der Waals surface area (Å²) in [6.45, 7) is 7.44. The Morgan fingerprint density at radius 2 is 1.86 bits per heavy atom. The summed E-state index contributed by atoms with van der Waals surface area (Å²) in [5, 5.41) is 13.5. The standard InChI is InChI=1S/C17H34N2OS/c1-13-6-4-5-7-16(13)19-10-8-15(9-11-19)18-14(2)17(12-20)21-3/h13-18,20H,4-12H2,1-3H3. The molecule has 0 aromatic rings. The Balaban J connectivity index is 1.75. The maximum absolute atomic E-state index is 9.40. The van der Waals surface area contributed by atoms with Gasteiger partial charge in [-0.3, -0.25) is 0 Å². The van der Waals surface area contributed by atoms with E-state index in [9.17, 15) is 5.11 Å². The summed E-state index contributed by atoms with van der Waals surface area (Å²) < 4.78 is 0. The van der Waals surface area contributed by atoms with Gasteiger partial charge < -0.3 is 15.3 Å². The van der Waals surface area contributed by atoms with Crippen LogP contribution in [0.25, 0.3) is 0 Å². The van der Waals surface area contributed by atoms with Gasteiger partial charge in [-0.1, -0.05) is 19.8 Å². The van der Waals surface area contributed by atoms with Crippen molar-refractivity contribution in [2.24, 2.45) is 5.92 Å². The summed E-state index contributed by atoms with van der Waals surface area (Å²) >= 11 is 1.77. The van der Waals surface area contributed by atoms with Crippen LogP contribution in [0, 0.1) is 5.92 Å². The molecule has 0 aromatic carbocycles. The number of aliphatic hydroxyl groups is 1. The summed E-state index contributed by atoms with van der Waals surface area (Å²) in [6.07, 6.45) is 10.3. The highest BCUT2D eigenvalue weighted by molar-refractivity contribution is 7.99. The van der Waals surface area contributed by atoms with Crippen LogP contribution in [0.1, 0.15) is 52.4 Å². The first-order valence-corrected chi connectivity index (χ1v) is 10.1. The molecule has 4 atom stereocenters. The Kier molecular flexibility index (Phi) is 7.33. The molecule has 2 aliphatic rings. The van der Waals surface area contributed by atoms with Crippen LogP contribution < -0.4 is 5.32 Å². The van der Waals surface area contributed by atoms with Crippen molar-refractivity contribution in [3.8, 4) is 0 Å². The van der Waals surface area contributed by atoms with Gasteiger partial charge in [0.2, 0.25) is 0 Å². The molecular weight excluding hydrogens is 280 g/mol. The van der Waals surface area contributed by atoms with Gasteiger partial charge >= 0.3 is 0 Å². The normalized spacial score (nSPS) is 32.0. The lowest BCUT2D eigenvalue weighted by Gasteiger charge is -2.43. The second-order valence-corrected chi connectivity index (χ2v) is 8.13. The molecule has 0 spiro atoms. The molecule has 1 aliphatic carbocycles. The summed E-state index contributed by atoms with van der Waals surface area (Å²) in [4.78, 5) is 2.75. The predicted molar refractivity (Wildman–Crippen MR) is 93.0 cm³/mol. The monoisotopic (exact) mass is 314 g/mol. The molecule has 21 heavy (non-hydrogen) atoms. The first-order valence-electron chi connectivity index (χ1n) is 8.79. The van der Waals surface area contributed by atoms with E-state index in [-0.39, 0.29) is 6.61 Å². The topological polar surface area (TPSA) is 35.5 Å². The van der Waals surface area contributed by atoms with Gasteiger partial charge in [0.1, 0.15) is 0 Å². The Morgan fingerprint density at radius 1 is 1.19 bits per heavy atom. The molecule has 2 fully saturated rings. The third-order valence-electron chi connectivity index (χ3n) is 5.60. The molecule has 1 heterocycles. The maximum atomic E-state index is 9.40. The number of thioether (sulfide) groups is 1. The van der Waals surface area contributed by atoms with Crippen LogP contribution in [0.3, 0.4) is 0 Å². The van der Waals surface area contributed by atoms with Gasteiger partial charge in [0.25, 0.3) is 0 Å². The molecule has 0 bridgehead atoms. The predicted octanol–water partition coefficient (Wildman–Crippen LogP) is 2.73. The Labute approximate surface area is 135 Å². The average Bonchev–Trinajstić information content (AvgIpc) is 2.50. The first-order chi connectivity index (χ1) is 10.2. The number of hydrogen-bond donors (Lipinski definition) is 2. The minimum absolute atomic E-state index is 0.272. The van der Waals surface area contributed by atoms with Crippen molar-refractivity contribution < 1.29 is 5.11 Å². The van der Waals surface area contributed by atoms with Crippen LogP contribution in [-0.2, 0) is 0 Å². The van der Waals surface area contributed by atoms with E-state index >= 15 is 0 Å². The van der Waals surface area contributed by atoms with Gasteiger partial charge in [-0.15, -0.1) is 0 Å². The van der Waals surface area contributed by atoms with Crippen LogP contribution in [0.5, 0.6) is 0 Å². The molecular formula is C17H34N2OS. The molecule has 3 nitrogen and oxygen atoms in total. The quantitative estimate of drug-likeness (QED) is 0.790. The zero-order valence-corrected chi connectivity index (χ0v) is 14.9. The number of nitrogens with zero attached hydrogens (tertiary/aromatic N) is 1. The number of likely N-dealkylation sites (tertiary alicyclic amines) is 1. The Morgan fingerprint density at radius 3 is 2.43 bits per heavy atom. The third-order valence-corrected chi connectivity index (χ3v) is 6.77. The van der Waals surface area contributed by atoms with Crippen molar-refractivity contribution in [3.05, 3.63) is 0 Å². The number of nitrogens with one attached hydrogen (secondary N) is 1. The van der Waals surface area contributed by atoms with Gasteiger partial charge in [-0.2, -0.15) is 11.8 Å². The van der Waals surface area contributed by atoms with Crippen molar-refractivity contribution in [1.82, 2.24) is 10.2 Å². The minimum atomic E-state index is 0.272. The van der Waals surface area contributed by atoms with Gasteiger partial charge in [0.15, 0.2) is 0 Å². The Bertz CT molecular complexity index is 291. The molecule has 2 rings (SSSR count). The van der Waals surface area contributed by atoms with E-state index in [4.69, 9.17) is 0 Å². The highest BCUT2D eigenvalue weighted by atomic mass is 32.2. The Hall–Kier alpha value is 0.230. The van der Waals surface area contributed by atoms with Crippen molar-refractivity contribution in [1.29, 1.82) is 0 Å². The fourth-order valence-electron chi connectivity index (χ4n) is 4.15. The lowest BCUT2D eigenvalue weighted by molar-refractivity contribution is 0.0795. The van der Waals surface area contributed by atoms with Crippen molar-refractivity contribution in [2.45, 2.75) is 75.7 Å². The zero-order chi connectivity index (χ0) is 15.2. The number of hydrogen-bond acceptors (Lipinski definition) is 4. The van der Waals surface area contributed by atoms with Crippen molar-refractivity contribution in [2.75, 3.05) is 26.0 Å². The second kappa shape index (κ2) is 8.76. The SMILES string of the molecule is CSC(CO)C(C)NC1CCN(C2CCCCC2C)CC1. The molecule has 1 saturated heterocycles. The van der Waals surface area contributed by atoms with E-state index in [0.29, 0.717) is 17.3 Å². The number of aliphatic hydroxyl groups excluding tert-OH is 1. The molecule has 0 amide bonds. The summed E-state index contributed by atoms with van der Waals surface area (Å²) in [7, 11) is 0. The summed E-state index contributed by atoms with van der Waals surface area (Å²) in [6, 6.07) is 1.88.